The number of allylic oxidation sites excluding steroid dienone is 2. The number of carbonyl (C=O) groups is 2. The minimum atomic E-state index is -0.669. The number of carbonyl (C=O) groups excluding carboxylic acids is 2. The highest BCUT2D eigenvalue weighted by Gasteiger charge is 2.27. The van der Waals surface area contributed by atoms with Crippen LogP contribution in [-0.4, -0.2) is 30.8 Å². The van der Waals surface area contributed by atoms with Gasteiger partial charge in [0, 0.05) is 0 Å². The molecule has 1 rings (SSSR count). The van der Waals surface area contributed by atoms with Crippen LogP contribution in [0.3, 0.4) is 0 Å². The lowest BCUT2D eigenvalue weighted by molar-refractivity contribution is -0.143. The van der Waals surface area contributed by atoms with Gasteiger partial charge in [-0.2, -0.15) is 0 Å². The molecule has 0 spiro atoms. The number of ether oxygens (including phenoxy) is 2. The predicted molar refractivity (Wildman–Crippen MR) is 80.9 cm³/mol. The van der Waals surface area contributed by atoms with Crippen LogP contribution in [-0.2, 0) is 14.3 Å². The van der Waals surface area contributed by atoms with Crippen LogP contribution in [0.2, 0.25) is 0 Å². The predicted octanol–water partition coefficient (Wildman–Crippen LogP) is 3.19. The molecule has 21 heavy (non-hydrogen) atoms. The summed E-state index contributed by atoms with van der Waals surface area (Å²) in [6, 6.07) is -0.669. The Balaban J connectivity index is 2.63. The molecule has 0 fully saturated rings. The molecular weight excluding hydrogens is 270 g/mol. The summed E-state index contributed by atoms with van der Waals surface area (Å²) in [6.07, 6.45) is 8.67. The lowest BCUT2D eigenvalue weighted by atomic mass is 9.95. The Morgan fingerprint density at radius 2 is 2.05 bits per heavy atom. The number of esters is 1. The minimum Gasteiger partial charge on any atom is -0.467 e. The van der Waals surface area contributed by atoms with Gasteiger partial charge in [0.05, 0.1) is 7.11 Å². The van der Waals surface area contributed by atoms with E-state index in [1.165, 1.54) is 13.5 Å². The molecule has 0 saturated carbocycles. The monoisotopic (exact) mass is 297 g/mol. The van der Waals surface area contributed by atoms with Gasteiger partial charge < -0.3 is 14.8 Å². The van der Waals surface area contributed by atoms with Crippen molar-refractivity contribution in [3.8, 4) is 0 Å². The molecule has 120 valence electrons. The van der Waals surface area contributed by atoms with Gasteiger partial charge in [0.2, 0.25) is 0 Å². The van der Waals surface area contributed by atoms with Gasteiger partial charge >= 0.3 is 12.1 Å². The highest BCUT2D eigenvalue weighted by atomic mass is 16.6. The van der Waals surface area contributed by atoms with Crippen molar-refractivity contribution in [2.45, 2.75) is 64.5 Å². The number of amides is 1. The van der Waals surface area contributed by atoms with Gasteiger partial charge in [-0.25, -0.2) is 9.59 Å². The first-order valence-electron chi connectivity index (χ1n) is 7.56. The topological polar surface area (TPSA) is 64.6 Å². The quantitative estimate of drug-likeness (QED) is 0.639. The van der Waals surface area contributed by atoms with Crippen LogP contribution < -0.4 is 5.32 Å². The number of hydrogen-bond donors (Lipinski definition) is 1. The van der Waals surface area contributed by atoms with Crippen LogP contribution >= 0.6 is 0 Å². The Kier molecular flexibility index (Phi) is 6.72. The van der Waals surface area contributed by atoms with Crippen molar-refractivity contribution in [3.63, 3.8) is 0 Å². The van der Waals surface area contributed by atoms with E-state index < -0.39 is 23.7 Å². The van der Waals surface area contributed by atoms with Crippen LogP contribution in [0.25, 0.3) is 0 Å². The molecule has 1 aliphatic rings. The van der Waals surface area contributed by atoms with E-state index in [0.717, 1.165) is 19.3 Å². The number of alkyl carbamates (subject to hydrolysis) is 1. The zero-order valence-corrected chi connectivity index (χ0v) is 13.5. The summed E-state index contributed by atoms with van der Waals surface area (Å²) in [5.74, 6) is -0.148. The van der Waals surface area contributed by atoms with Crippen molar-refractivity contribution >= 4 is 12.1 Å². The standard InChI is InChI=1S/C16H27NO4/c1-16(2,3)21-15(19)17-13(14(18)20-4)11-12-9-7-5-6-8-10-12/h7,9,12-13H,5-6,8,10-11H2,1-4H3,(H,17,19)/t12?,13-/m0/s1. The molecular formula is C16H27NO4. The Morgan fingerprint density at radius 1 is 1.33 bits per heavy atom. The maximum atomic E-state index is 11.9. The molecule has 1 N–H and O–H groups in total. The molecule has 0 aromatic carbocycles. The Bertz CT molecular complexity index is 384. The third-order valence-corrected chi connectivity index (χ3v) is 3.32. The van der Waals surface area contributed by atoms with Crippen molar-refractivity contribution in [1.82, 2.24) is 5.32 Å². The second kappa shape index (κ2) is 8.05. The molecule has 0 bridgehead atoms. The van der Waals surface area contributed by atoms with Gasteiger partial charge in [0.25, 0.3) is 0 Å². The third kappa shape index (κ3) is 7.16. The molecule has 1 unspecified atom stereocenters. The van der Waals surface area contributed by atoms with Crippen molar-refractivity contribution in [2.24, 2.45) is 5.92 Å². The number of rotatable bonds is 4. The van der Waals surface area contributed by atoms with Crippen molar-refractivity contribution in [1.29, 1.82) is 0 Å². The van der Waals surface area contributed by atoms with Crippen molar-refractivity contribution in [3.05, 3.63) is 12.2 Å². The second-order valence-electron chi connectivity index (χ2n) is 6.43. The zero-order valence-electron chi connectivity index (χ0n) is 13.5. The van der Waals surface area contributed by atoms with Crippen LogP contribution in [0, 0.1) is 5.92 Å². The first-order chi connectivity index (χ1) is 9.81. The van der Waals surface area contributed by atoms with E-state index in [1.807, 2.05) is 0 Å². The number of hydrogen-bond acceptors (Lipinski definition) is 4. The normalized spacial score (nSPS) is 20.3. The summed E-state index contributed by atoms with van der Waals surface area (Å²) in [4.78, 5) is 23.7. The molecule has 5 heteroatoms. The molecule has 0 aromatic rings. The largest absolute Gasteiger partial charge is 0.467 e. The van der Waals surface area contributed by atoms with Gasteiger partial charge in [0.1, 0.15) is 11.6 Å². The summed E-state index contributed by atoms with van der Waals surface area (Å²) >= 11 is 0. The second-order valence-corrected chi connectivity index (χ2v) is 6.43. The van der Waals surface area contributed by atoms with E-state index in [4.69, 9.17) is 9.47 Å². The smallest absolute Gasteiger partial charge is 0.408 e. The van der Waals surface area contributed by atoms with Gasteiger partial charge in [-0.15, -0.1) is 0 Å². The van der Waals surface area contributed by atoms with Crippen molar-refractivity contribution < 1.29 is 19.1 Å². The molecule has 5 nitrogen and oxygen atoms in total. The fourth-order valence-electron chi connectivity index (χ4n) is 2.36. The summed E-state index contributed by atoms with van der Waals surface area (Å²) in [5, 5.41) is 2.62. The van der Waals surface area contributed by atoms with Gasteiger partial charge in [-0.1, -0.05) is 18.6 Å². The van der Waals surface area contributed by atoms with E-state index in [-0.39, 0.29) is 5.92 Å². The molecule has 0 heterocycles. The van der Waals surface area contributed by atoms with E-state index >= 15 is 0 Å². The Morgan fingerprint density at radius 3 is 2.67 bits per heavy atom. The molecule has 2 atom stereocenters. The van der Waals surface area contributed by atoms with Crippen LogP contribution in [0.4, 0.5) is 4.79 Å². The lowest BCUT2D eigenvalue weighted by Crippen LogP contribution is -2.44. The van der Waals surface area contributed by atoms with Crippen LogP contribution in [0.1, 0.15) is 52.9 Å². The van der Waals surface area contributed by atoms with Gasteiger partial charge in [-0.05, 0) is 52.4 Å². The Labute approximate surface area is 127 Å². The van der Waals surface area contributed by atoms with E-state index in [2.05, 4.69) is 17.5 Å². The first kappa shape index (κ1) is 17.5. The fraction of sp³-hybridized carbons (Fsp3) is 0.750. The maximum absolute atomic E-state index is 11.9. The Hall–Kier alpha value is -1.52. The van der Waals surface area contributed by atoms with Gasteiger partial charge in [0.15, 0.2) is 0 Å². The third-order valence-electron chi connectivity index (χ3n) is 3.32. The van der Waals surface area contributed by atoms with Gasteiger partial charge in [-0.3, -0.25) is 0 Å². The molecule has 1 aliphatic carbocycles. The van der Waals surface area contributed by atoms with E-state index in [0.29, 0.717) is 6.42 Å². The molecule has 0 saturated heterocycles. The fourth-order valence-corrected chi connectivity index (χ4v) is 2.36. The molecule has 0 radical (unpaired) electrons. The SMILES string of the molecule is COC(=O)[C@H](CC1C=CCCCC1)NC(=O)OC(C)(C)C. The average molecular weight is 297 g/mol. The maximum Gasteiger partial charge on any atom is 0.408 e. The molecule has 0 aliphatic heterocycles. The van der Waals surface area contributed by atoms with E-state index in [1.54, 1.807) is 20.8 Å². The molecule has 0 aromatic heterocycles. The van der Waals surface area contributed by atoms with Crippen LogP contribution in [0.15, 0.2) is 12.2 Å². The first-order valence-corrected chi connectivity index (χ1v) is 7.56. The number of methoxy groups -OCH3 is 1. The summed E-state index contributed by atoms with van der Waals surface area (Å²) in [7, 11) is 1.33. The highest BCUT2D eigenvalue weighted by Crippen LogP contribution is 2.22. The zero-order chi connectivity index (χ0) is 15.9. The summed E-state index contributed by atoms with van der Waals surface area (Å²) in [5.41, 5.74) is -0.590. The molecule has 1 amide bonds. The van der Waals surface area contributed by atoms with E-state index in [9.17, 15) is 9.59 Å². The highest BCUT2D eigenvalue weighted by molar-refractivity contribution is 5.81. The number of nitrogens with one attached hydrogen (secondary N) is 1. The van der Waals surface area contributed by atoms with Crippen LogP contribution in [0.5, 0.6) is 0 Å². The summed E-state index contributed by atoms with van der Waals surface area (Å²) < 4.78 is 9.98. The van der Waals surface area contributed by atoms with Crippen molar-refractivity contribution in [2.75, 3.05) is 7.11 Å². The lowest BCUT2D eigenvalue weighted by Gasteiger charge is -2.24. The summed E-state index contributed by atoms with van der Waals surface area (Å²) in [6.45, 7) is 5.36. The average Bonchev–Trinajstić information content (AvgIpc) is 2.63. The minimum absolute atomic E-state index is 0.284.